The predicted octanol–water partition coefficient (Wildman–Crippen LogP) is 4.02. The van der Waals surface area contributed by atoms with Crippen LogP contribution in [0.3, 0.4) is 0 Å². The van der Waals surface area contributed by atoms with Gasteiger partial charge in [0, 0.05) is 10.6 Å². The maximum absolute atomic E-state index is 8.76. The highest BCUT2D eigenvalue weighted by molar-refractivity contribution is 6.31. The van der Waals surface area contributed by atoms with Crippen LogP contribution in [0, 0.1) is 11.3 Å². The monoisotopic (exact) mass is 254 g/mol. The van der Waals surface area contributed by atoms with Crippen LogP contribution in [0.5, 0.6) is 0 Å². The van der Waals surface area contributed by atoms with Gasteiger partial charge in [0.2, 0.25) is 0 Å². The molecule has 0 spiro atoms. The smallest absolute Gasteiger partial charge is 0.174 e. The van der Waals surface area contributed by atoms with Crippen LogP contribution in [-0.2, 0) is 0 Å². The Kier molecular flexibility index (Phi) is 2.51. The van der Waals surface area contributed by atoms with E-state index in [1.165, 1.54) is 0 Å². The summed E-state index contributed by atoms with van der Waals surface area (Å²) in [5.41, 5.74) is 2.25. The number of halogens is 1. The average molecular weight is 255 g/mol. The minimum Gasteiger partial charge on any atom is -0.355 e. The summed E-state index contributed by atoms with van der Waals surface area (Å²) in [6, 6.07) is 14.6. The van der Waals surface area contributed by atoms with Crippen LogP contribution in [0.25, 0.3) is 22.2 Å². The molecule has 0 fully saturated rings. The summed E-state index contributed by atoms with van der Waals surface area (Å²) >= 11 is 5.97. The number of aromatic nitrogens is 1. The van der Waals surface area contributed by atoms with Crippen molar-refractivity contribution in [2.75, 3.05) is 0 Å². The maximum Gasteiger partial charge on any atom is 0.174 e. The van der Waals surface area contributed by atoms with Gasteiger partial charge >= 0.3 is 0 Å². The van der Waals surface area contributed by atoms with Crippen molar-refractivity contribution >= 4 is 22.5 Å². The molecule has 0 radical (unpaired) electrons. The first-order chi connectivity index (χ1) is 8.78. The minimum absolute atomic E-state index is 0.612. The Hall–Kier alpha value is -2.31. The molecule has 0 amide bonds. The SMILES string of the molecule is N#Cc1ccc(-c2onc3ccc(Cl)cc23)cc1. The molecule has 1 aromatic heterocycles. The Labute approximate surface area is 108 Å². The van der Waals surface area contributed by atoms with Gasteiger partial charge in [-0.2, -0.15) is 5.26 Å². The molecule has 0 atom stereocenters. The second-order valence-electron chi connectivity index (χ2n) is 3.86. The summed E-state index contributed by atoms with van der Waals surface area (Å²) in [6.07, 6.45) is 0. The zero-order chi connectivity index (χ0) is 12.5. The topological polar surface area (TPSA) is 49.8 Å². The van der Waals surface area contributed by atoms with E-state index in [4.69, 9.17) is 21.4 Å². The Bertz CT molecular complexity index is 754. The van der Waals surface area contributed by atoms with Gasteiger partial charge in [0.05, 0.1) is 17.0 Å². The highest BCUT2D eigenvalue weighted by atomic mass is 35.5. The first-order valence-corrected chi connectivity index (χ1v) is 5.71. The summed E-state index contributed by atoms with van der Waals surface area (Å²) in [6.45, 7) is 0. The lowest BCUT2D eigenvalue weighted by Gasteiger charge is -1.97. The normalized spacial score (nSPS) is 10.4. The molecule has 0 N–H and O–H groups in total. The molecule has 0 aliphatic rings. The van der Waals surface area contributed by atoms with Gasteiger partial charge in [-0.3, -0.25) is 0 Å². The fourth-order valence-electron chi connectivity index (χ4n) is 1.82. The minimum atomic E-state index is 0.612. The molecular formula is C14H7ClN2O. The van der Waals surface area contributed by atoms with Gasteiger partial charge in [-0.25, -0.2) is 0 Å². The highest BCUT2D eigenvalue weighted by Crippen LogP contribution is 2.30. The van der Waals surface area contributed by atoms with Crippen molar-refractivity contribution in [3.8, 4) is 17.4 Å². The molecule has 0 saturated heterocycles. The zero-order valence-electron chi connectivity index (χ0n) is 9.22. The van der Waals surface area contributed by atoms with Crippen LogP contribution in [0.1, 0.15) is 5.56 Å². The lowest BCUT2D eigenvalue weighted by atomic mass is 10.1. The van der Waals surface area contributed by atoms with Crippen LogP contribution < -0.4 is 0 Å². The fraction of sp³-hybridized carbons (Fsp3) is 0. The summed E-state index contributed by atoms with van der Waals surface area (Å²) in [4.78, 5) is 0. The number of rotatable bonds is 1. The van der Waals surface area contributed by atoms with E-state index in [1.54, 1.807) is 18.2 Å². The molecule has 0 unspecified atom stereocenters. The van der Waals surface area contributed by atoms with Crippen molar-refractivity contribution in [2.24, 2.45) is 0 Å². The van der Waals surface area contributed by atoms with Crippen molar-refractivity contribution in [2.45, 2.75) is 0 Å². The van der Waals surface area contributed by atoms with E-state index >= 15 is 0 Å². The highest BCUT2D eigenvalue weighted by Gasteiger charge is 2.10. The van der Waals surface area contributed by atoms with E-state index in [2.05, 4.69) is 11.2 Å². The molecule has 0 aliphatic heterocycles. The third kappa shape index (κ3) is 1.73. The number of hydrogen-bond donors (Lipinski definition) is 0. The molecule has 0 saturated carbocycles. The maximum atomic E-state index is 8.76. The van der Waals surface area contributed by atoms with Gasteiger partial charge < -0.3 is 4.52 Å². The summed E-state index contributed by atoms with van der Waals surface area (Å²) in [5.74, 6) is 0.664. The third-order valence-corrected chi connectivity index (χ3v) is 2.95. The van der Waals surface area contributed by atoms with Gasteiger partial charge in [-0.15, -0.1) is 0 Å². The predicted molar refractivity (Wildman–Crippen MR) is 69.2 cm³/mol. The van der Waals surface area contributed by atoms with Crippen molar-refractivity contribution < 1.29 is 4.52 Å². The van der Waals surface area contributed by atoms with Crippen molar-refractivity contribution in [3.63, 3.8) is 0 Å². The van der Waals surface area contributed by atoms with E-state index in [9.17, 15) is 0 Å². The van der Waals surface area contributed by atoms with Crippen LogP contribution >= 0.6 is 11.6 Å². The second kappa shape index (κ2) is 4.17. The Morgan fingerprint density at radius 2 is 1.89 bits per heavy atom. The van der Waals surface area contributed by atoms with Crippen LogP contribution in [0.2, 0.25) is 5.02 Å². The number of benzene rings is 2. The van der Waals surface area contributed by atoms with E-state index < -0.39 is 0 Å². The molecule has 4 heteroatoms. The van der Waals surface area contributed by atoms with Crippen LogP contribution in [0.15, 0.2) is 47.0 Å². The Balaban J connectivity index is 2.19. The van der Waals surface area contributed by atoms with E-state index in [1.807, 2.05) is 24.3 Å². The summed E-state index contributed by atoms with van der Waals surface area (Å²) in [5, 5.41) is 14.3. The van der Waals surface area contributed by atoms with Crippen molar-refractivity contribution in [3.05, 3.63) is 53.1 Å². The van der Waals surface area contributed by atoms with E-state index in [0.717, 1.165) is 16.5 Å². The van der Waals surface area contributed by atoms with Gasteiger partial charge in [0.15, 0.2) is 5.76 Å². The van der Waals surface area contributed by atoms with Crippen molar-refractivity contribution in [1.29, 1.82) is 5.26 Å². The standard InChI is InChI=1S/C14H7ClN2O/c15-11-5-6-13-12(7-11)14(18-17-13)10-3-1-9(8-16)2-4-10/h1-7H. The fourth-order valence-corrected chi connectivity index (χ4v) is 1.99. The molecule has 0 bridgehead atoms. The van der Waals surface area contributed by atoms with Crippen molar-refractivity contribution in [1.82, 2.24) is 5.16 Å². The average Bonchev–Trinajstić information content (AvgIpc) is 2.82. The lowest BCUT2D eigenvalue weighted by molar-refractivity contribution is 0.441. The lowest BCUT2D eigenvalue weighted by Crippen LogP contribution is -1.77. The number of hydrogen-bond acceptors (Lipinski definition) is 3. The van der Waals surface area contributed by atoms with Gasteiger partial charge in [-0.05, 0) is 42.5 Å². The second-order valence-corrected chi connectivity index (χ2v) is 4.30. The molecule has 86 valence electrons. The molecule has 0 aliphatic carbocycles. The third-order valence-electron chi connectivity index (χ3n) is 2.71. The van der Waals surface area contributed by atoms with Gasteiger partial charge in [0.25, 0.3) is 0 Å². The van der Waals surface area contributed by atoms with Gasteiger partial charge in [-0.1, -0.05) is 16.8 Å². The first kappa shape index (κ1) is 10.8. The van der Waals surface area contributed by atoms with E-state index in [-0.39, 0.29) is 0 Å². The van der Waals surface area contributed by atoms with Crippen LogP contribution in [-0.4, -0.2) is 5.16 Å². The first-order valence-electron chi connectivity index (χ1n) is 5.33. The molecule has 1 heterocycles. The largest absolute Gasteiger partial charge is 0.355 e. The van der Waals surface area contributed by atoms with Gasteiger partial charge in [0.1, 0.15) is 5.52 Å². The summed E-state index contributed by atoms with van der Waals surface area (Å²) in [7, 11) is 0. The molecule has 3 rings (SSSR count). The quantitative estimate of drug-likeness (QED) is 0.659. The molecule has 2 aromatic carbocycles. The zero-order valence-corrected chi connectivity index (χ0v) is 9.98. The van der Waals surface area contributed by atoms with Crippen LogP contribution in [0.4, 0.5) is 0 Å². The summed E-state index contributed by atoms with van der Waals surface area (Å²) < 4.78 is 5.34. The number of nitrogens with zero attached hydrogens (tertiary/aromatic N) is 2. The molecular weight excluding hydrogens is 248 g/mol. The number of fused-ring (bicyclic) bond motifs is 1. The van der Waals surface area contributed by atoms with E-state index in [0.29, 0.717) is 16.3 Å². The molecule has 18 heavy (non-hydrogen) atoms. The Morgan fingerprint density at radius 3 is 2.61 bits per heavy atom. The molecule has 3 aromatic rings. The number of nitriles is 1. The Morgan fingerprint density at radius 1 is 1.11 bits per heavy atom. The molecule has 3 nitrogen and oxygen atoms in total.